The smallest absolute Gasteiger partial charge is 0.357 e. The molecule has 0 aliphatic heterocycles. The molecule has 2 aromatic rings. The average Bonchev–Trinajstić information content (AvgIpc) is 2.72. The number of ketones is 1. The number of H-pyrrole nitrogens is 1. The average molecular weight is 232 g/mol. The van der Waals surface area contributed by atoms with Crippen molar-refractivity contribution in [1.82, 2.24) is 9.97 Å². The predicted molar refractivity (Wildman–Crippen MR) is 62.1 cm³/mol. The lowest BCUT2D eigenvalue weighted by Gasteiger charge is -2.03. The molecule has 88 valence electrons. The van der Waals surface area contributed by atoms with Gasteiger partial charge in [0.15, 0.2) is 11.5 Å². The molecule has 17 heavy (non-hydrogen) atoms. The van der Waals surface area contributed by atoms with E-state index in [4.69, 9.17) is 4.74 Å². The fraction of sp³-hybridized carbons (Fsp3) is 0.250. The quantitative estimate of drug-likeness (QED) is 0.648. The summed E-state index contributed by atoms with van der Waals surface area (Å²) in [5, 5.41) is 0.526. The molecular weight excluding hydrogens is 220 g/mol. The number of Topliss-reactive ketones (excluding diaryl/α,β-unsaturated/α-hetero) is 1. The van der Waals surface area contributed by atoms with E-state index in [0.717, 1.165) is 0 Å². The third-order valence-corrected chi connectivity index (χ3v) is 2.44. The summed E-state index contributed by atoms with van der Waals surface area (Å²) < 4.78 is 4.91. The fourth-order valence-corrected chi connectivity index (χ4v) is 1.71. The number of nitrogens with zero attached hydrogens (tertiary/aromatic N) is 1. The zero-order chi connectivity index (χ0) is 12.4. The van der Waals surface area contributed by atoms with E-state index in [-0.39, 0.29) is 18.1 Å². The number of aromatic amines is 1. The van der Waals surface area contributed by atoms with Crippen LogP contribution in [0.2, 0.25) is 0 Å². The summed E-state index contributed by atoms with van der Waals surface area (Å²) in [5.41, 5.74) is 1.33. The van der Waals surface area contributed by atoms with Gasteiger partial charge in [-0.25, -0.2) is 9.78 Å². The zero-order valence-electron chi connectivity index (χ0n) is 9.61. The normalized spacial score (nSPS) is 10.5. The molecule has 2 aromatic heterocycles. The van der Waals surface area contributed by atoms with Crippen molar-refractivity contribution in [2.75, 3.05) is 6.61 Å². The summed E-state index contributed by atoms with van der Waals surface area (Å²) in [4.78, 5) is 30.1. The van der Waals surface area contributed by atoms with Gasteiger partial charge in [0.05, 0.1) is 12.1 Å². The van der Waals surface area contributed by atoms with Crippen molar-refractivity contribution in [3.8, 4) is 0 Å². The van der Waals surface area contributed by atoms with Crippen molar-refractivity contribution in [1.29, 1.82) is 0 Å². The van der Waals surface area contributed by atoms with Crippen LogP contribution in [-0.4, -0.2) is 28.3 Å². The second kappa shape index (κ2) is 4.37. The number of hydrogen-bond donors (Lipinski definition) is 1. The van der Waals surface area contributed by atoms with E-state index in [2.05, 4.69) is 9.97 Å². The van der Waals surface area contributed by atoms with Gasteiger partial charge in [-0.3, -0.25) is 4.79 Å². The molecule has 0 atom stereocenters. The van der Waals surface area contributed by atoms with E-state index >= 15 is 0 Å². The van der Waals surface area contributed by atoms with Gasteiger partial charge < -0.3 is 9.72 Å². The van der Waals surface area contributed by atoms with E-state index in [9.17, 15) is 9.59 Å². The monoisotopic (exact) mass is 232 g/mol. The molecule has 0 aromatic carbocycles. The first-order valence-corrected chi connectivity index (χ1v) is 5.29. The van der Waals surface area contributed by atoms with Crippen molar-refractivity contribution in [3.63, 3.8) is 0 Å². The minimum atomic E-state index is -0.514. The fourth-order valence-electron chi connectivity index (χ4n) is 1.71. The molecule has 1 N–H and O–H groups in total. The van der Waals surface area contributed by atoms with Gasteiger partial charge in [-0.15, -0.1) is 0 Å². The maximum atomic E-state index is 11.7. The highest BCUT2D eigenvalue weighted by molar-refractivity contribution is 6.13. The summed E-state index contributed by atoms with van der Waals surface area (Å²) in [6.45, 7) is 3.45. The highest BCUT2D eigenvalue weighted by atomic mass is 16.5. The summed E-state index contributed by atoms with van der Waals surface area (Å²) in [6.07, 6.45) is 3.09. The molecular formula is C12H12N2O3. The molecule has 0 aliphatic carbocycles. The Balaban J connectivity index is 2.66. The predicted octanol–water partition coefficient (Wildman–Crippen LogP) is 1.94. The summed E-state index contributed by atoms with van der Waals surface area (Å²) in [6, 6.07) is 1.71. The minimum absolute atomic E-state index is 0.116. The van der Waals surface area contributed by atoms with E-state index in [0.29, 0.717) is 16.5 Å². The molecule has 5 nitrogen and oxygen atoms in total. The second-order valence-corrected chi connectivity index (χ2v) is 3.56. The van der Waals surface area contributed by atoms with Gasteiger partial charge in [0.2, 0.25) is 0 Å². The topological polar surface area (TPSA) is 72.0 Å². The highest BCUT2D eigenvalue weighted by Crippen LogP contribution is 2.22. The molecule has 0 radical (unpaired) electrons. The first kappa shape index (κ1) is 11.3. The molecule has 0 aliphatic rings. The Morgan fingerprint density at radius 1 is 1.47 bits per heavy atom. The maximum Gasteiger partial charge on any atom is 0.357 e. The van der Waals surface area contributed by atoms with Gasteiger partial charge in [-0.05, 0) is 19.9 Å². The van der Waals surface area contributed by atoms with E-state index in [1.807, 2.05) is 0 Å². The lowest BCUT2D eigenvalue weighted by atomic mass is 10.1. The first-order valence-electron chi connectivity index (χ1n) is 5.29. The number of fused-ring (bicyclic) bond motifs is 1. The first-order chi connectivity index (χ1) is 8.15. The number of hydrogen-bond acceptors (Lipinski definition) is 4. The van der Waals surface area contributed by atoms with Crippen molar-refractivity contribution in [3.05, 3.63) is 29.7 Å². The van der Waals surface area contributed by atoms with Crippen LogP contribution in [-0.2, 0) is 4.74 Å². The number of nitrogens with one attached hydrogen (secondary N) is 1. The Morgan fingerprint density at radius 2 is 2.24 bits per heavy atom. The zero-order valence-corrected chi connectivity index (χ0v) is 9.61. The van der Waals surface area contributed by atoms with Crippen LogP contribution in [0.1, 0.15) is 34.7 Å². The Kier molecular flexibility index (Phi) is 2.91. The van der Waals surface area contributed by atoms with Crippen LogP contribution in [0.25, 0.3) is 10.9 Å². The van der Waals surface area contributed by atoms with Crippen LogP contribution in [0.15, 0.2) is 18.5 Å². The lowest BCUT2D eigenvalue weighted by Crippen LogP contribution is -2.08. The molecule has 2 heterocycles. The Bertz CT molecular complexity index is 586. The second-order valence-electron chi connectivity index (χ2n) is 3.56. The highest BCUT2D eigenvalue weighted by Gasteiger charge is 2.18. The molecule has 2 rings (SSSR count). The third-order valence-electron chi connectivity index (χ3n) is 2.44. The Hall–Kier alpha value is -2.17. The molecule has 0 fully saturated rings. The molecule has 0 unspecified atom stereocenters. The number of pyridine rings is 1. The minimum Gasteiger partial charge on any atom is -0.461 e. The van der Waals surface area contributed by atoms with Crippen molar-refractivity contribution in [2.24, 2.45) is 0 Å². The van der Waals surface area contributed by atoms with Crippen LogP contribution in [0.4, 0.5) is 0 Å². The largest absolute Gasteiger partial charge is 0.461 e. The molecule has 5 heteroatoms. The van der Waals surface area contributed by atoms with Gasteiger partial charge >= 0.3 is 5.97 Å². The molecule has 0 spiro atoms. The lowest BCUT2D eigenvalue weighted by molar-refractivity contribution is 0.0522. The third kappa shape index (κ3) is 1.91. The summed E-state index contributed by atoms with van der Waals surface area (Å²) in [5.74, 6) is -0.630. The summed E-state index contributed by atoms with van der Waals surface area (Å²) >= 11 is 0. The van der Waals surface area contributed by atoms with Crippen LogP contribution >= 0.6 is 0 Å². The maximum absolute atomic E-state index is 11.7. The summed E-state index contributed by atoms with van der Waals surface area (Å²) in [7, 11) is 0. The number of esters is 1. The Morgan fingerprint density at radius 3 is 2.88 bits per heavy atom. The molecule has 0 saturated heterocycles. The van der Waals surface area contributed by atoms with Crippen molar-refractivity contribution in [2.45, 2.75) is 13.8 Å². The van der Waals surface area contributed by atoms with Gasteiger partial charge in [-0.2, -0.15) is 0 Å². The Labute approximate surface area is 97.8 Å². The van der Waals surface area contributed by atoms with Gasteiger partial charge in [0.1, 0.15) is 0 Å². The number of carbonyl (C=O) groups excluding carboxylic acids is 2. The van der Waals surface area contributed by atoms with Crippen molar-refractivity contribution < 1.29 is 14.3 Å². The number of ether oxygens (including phenoxy) is 1. The van der Waals surface area contributed by atoms with E-state index in [1.54, 1.807) is 19.2 Å². The van der Waals surface area contributed by atoms with Crippen molar-refractivity contribution >= 4 is 22.7 Å². The van der Waals surface area contributed by atoms with Gasteiger partial charge in [0, 0.05) is 23.3 Å². The molecule has 0 amide bonds. The van der Waals surface area contributed by atoms with Crippen LogP contribution < -0.4 is 0 Å². The number of carbonyl (C=O) groups is 2. The standard InChI is InChI=1S/C12H12N2O3/c1-3-17-12(16)11-10-8(7(2)15)6-14-9(10)4-5-13-11/h4-6,14H,3H2,1-2H3. The van der Waals surface area contributed by atoms with Crippen LogP contribution in [0.3, 0.4) is 0 Å². The van der Waals surface area contributed by atoms with Gasteiger partial charge in [-0.1, -0.05) is 0 Å². The van der Waals surface area contributed by atoms with Crippen LogP contribution in [0, 0.1) is 0 Å². The van der Waals surface area contributed by atoms with E-state index < -0.39 is 5.97 Å². The molecule has 0 bridgehead atoms. The molecule has 0 saturated carbocycles. The number of aromatic nitrogens is 2. The van der Waals surface area contributed by atoms with Crippen LogP contribution in [0.5, 0.6) is 0 Å². The number of rotatable bonds is 3. The van der Waals surface area contributed by atoms with Gasteiger partial charge in [0.25, 0.3) is 0 Å². The van der Waals surface area contributed by atoms with E-state index in [1.165, 1.54) is 13.1 Å². The SMILES string of the molecule is CCOC(=O)c1nccc2[nH]cc(C(C)=O)c12.